The van der Waals surface area contributed by atoms with Gasteiger partial charge < -0.3 is 28.4 Å². The zero-order valence-corrected chi connectivity index (χ0v) is 21.7. The molecule has 0 aliphatic carbocycles. The average Bonchev–Trinajstić information content (AvgIpc) is 2.98. The Labute approximate surface area is 223 Å². The van der Waals surface area contributed by atoms with Gasteiger partial charge in [0, 0.05) is 13.2 Å². The van der Waals surface area contributed by atoms with Crippen LogP contribution in [-0.2, 0) is 53.0 Å². The van der Waals surface area contributed by atoms with Gasteiger partial charge >= 0.3 is 5.97 Å². The Bertz CT molecular complexity index is 1120. The number of hydrogen-bond donors (Lipinski definition) is 0. The van der Waals surface area contributed by atoms with E-state index in [-0.39, 0.29) is 0 Å². The normalized spacial score (nSPS) is 23.4. The molecule has 1 fully saturated rings. The van der Waals surface area contributed by atoms with Gasteiger partial charge in [0.15, 0.2) is 6.29 Å². The van der Waals surface area contributed by atoms with Gasteiger partial charge in [-0.1, -0.05) is 91.0 Å². The van der Waals surface area contributed by atoms with Crippen LogP contribution in [0.2, 0.25) is 0 Å². The van der Waals surface area contributed by atoms with E-state index in [9.17, 15) is 4.79 Å². The fourth-order valence-corrected chi connectivity index (χ4v) is 4.28. The first-order valence-corrected chi connectivity index (χ1v) is 12.6. The van der Waals surface area contributed by atoms with Crippen LogP contribution < -0.4 is 0 Å². The summed E-state index contributed by atoms with van der Waals surface area (Å²) >= 11 is 0. The number of carbonyl (C=O) groups is 1. The molecule has 200 valence electrons. The third-order valence-electron chi connectivity index (χ3n) is 6.24. The van der Waals surface area contributed by atoms with Gasteiger partial charge in [0.1, 0.15) is 24.4 Å². The molecule has 0 bridgehead atoms. The smallest absolute Gasteiger partial charge is 0.330 e. The average molecular weight is 519 g/mol. The minimum absolute atomic E-state index is 0.325. The summed E-state index contributed by atoms with van der Waals surface area (Å²) in [6.45, 7) is 1.01. The SMILES string of the molecule is COC(=O)/C=C/[C@H]1O[C@H](OC)[C@H](OCc2ccccc2)[C@@H](OCc2ccccc2)[C@@H]1OCc1ccccc1. The Morgan fingerprint density at radius 3 is 1.58 bits per heavy atom. The highest BCUT2D eigenvalue weighted by molar-refractivity contribution is 5.81. The van der Waals surface area contributed by atoms with E-state index in [2.05, 4.69) is 0 Å². The van der Waals surface area contributed by atoms with Crippen molar-refractivity contribution in [1.82, 2.24) is 0 Å². The third-order valence-corrected chi connectivity index (χ3v) is 6.24. The van der Waals surface area contributed by atoms with Gasteiger partial charge in [-0.3, -0.25) is 0 Å². The molecule has 0 spiro atoms. The van der Waals surface area contributed by atoms with Crippen LogP contribution in [0.5, 0.6) is 0 Å². The molecule has 7 nitrogen and oxygen atoms in total. The van der Waals surface area contributed by atoms with Crippen LogP contribution in [0, 0.1) is 0 Å². The van der Waals surface area contributed by atoms with E-state index in [0.717, 1.165) is 16.7 Å². The maximum Gasteiger partial charge on any atom is 0.330 e. The van der Waals surface area contributed by atoms with E-state index in [1.807, 2.05) is 91.0 Å². The molecule has 1 aliphatic heterocycles. The van der Waals surface area contributed by atoms with Crippen molar-refractivity contribution in [3.8, 4) is 0 Å². The molecule has 0 amide bonds. The fourth-order valence-electron chi connectivity index (χ4n) is 4.28. The van der Waals surface area contributed by atoms with Gasteiger partial charge in [-0.05, 0) is 22.8 Å². The molecule has 3 aromatic carbocycles. The largest absolute Gasteiger partial charge is 0.466 e. The molecular weight excluding hydrogens is 484 g/mol. The van der Waals surface area contributed by atoms with Crippen molar-refractivity contribution >= 4 is 5.97 Å². The van der Waals surface area contributed by atoms with Crippen molar-refractivity contribution in [2.24, 2.45) is 0 Å². The van der Waals surface area contributed by atoms with Gasteiger partial charge in [-0.25, -0.2) is 4.79 Å². The Morgan fingerprint density at radius 1 is 0.684 bits per heavy atom. The quantitative estimate of drug-likeness (QED) is 0.251. The number of benzene rings is 3. The summed E-state index contributed by atoms with van der Waals surface area (Å²) in [6, 6.07) is 29.6. The zero-order chi connectivity index (χ0) is 26.6. The second-order valence-electron chi connectivity index (χ2n) is 8.87. The monoisotopic (exact) mass is 518 g/mol. The molecule has 0 radical (unpaired) electrons. The lowest BCUT2D eigenvalue weighted by Crippen LogP contribution is -2.60. The Hall–Kier alpha value is -3.33. The summed E-state index contributed by atoms with van der Waals surface area (Å²) in [7, 11) is 2.89. The summed E-state index contributed by atoms with van der Waals surface area (Å²) in [6.07, 6.45) is -0.244. The van der Waals surface area contributed by atoms with Gasteiger partial charge in [0.2, 0.25) is 0 Å². The third kappa shape index (κ3) is 7.84. The fraction of sp³-hybridized carbons (Fsp3) is 0.323. The second kappa shape index (κ2) is 14.6. The lowest BCUT2D eigenvalue weighted by atomic mass is 9.97. The van der Waals surface area contributed by atoms with E-state index in [1.54, 1.807) is 13.2 Å². The molecule has 1 aliphatic rings. The van der Waals surface area contributed by atoms with Crippen molar-refractivity contribution in [2.45, 2.75) is 50.5 Å². The van der Waals surface area contributed by atoms with Crippen LogP contribution in [0.15, 0.2) is 103 Å². The summed E-state index contributed by atoms with van der Waals surface area (Å²) in [4.78, 5) is 11.9. The molecule has 38 heavy (non-hydrogen) atoms. The minimum Gasteiger partial charge on any atom is -0.466 e. The van der Waals surface area contributed by atoms with Gasteiger partial charge in [0.05, 0.1) is 26.9 Å². The molecule has 0 unspecified atom stereocenters. The predicted octanol–water partition coefficient (Wildman–Crippen LogP) is 4.84. The van der Waals surface area contributed by atoms with E-state index < -0.39 is 36.7 Å². The van der Waals surface area contributed by atoms with E-state index in [4.69, 9.17) is 28.4 Å². The highest BCUT2D eigenvalue weighted by Crippen LogP contribution is 2.31. The van der Waals surface area contributed by atoms with Gasteiger partial charge in [-0.15, -0.1) is 0 Å². The highest BCUT2D eigenvalue weighted by Gasteiger charge is 2.48. The second-order valence-corrected chi connectivity index (χ2v) is 8.87. The molecular formula is C31H34O7. The number of hydrogen-bond acceptors (Lipinski definition) is 7. The van der Waals surface area contributed by atoms with Crippen molar-refractivity contribution < 1.29 is 33.2 Å². The van der Waals surface area contributed by atoms with E-state index in [0.29, 0.717) is 19.8 Å². The van der Waals surface area contributed by atoms with Crippen LogP contribution >= 0.6 is 0 Å². The first kappa shape index (κ1) is 27.7. The lowest BCUT2D eigenvalue weighted by molar-refractivity contribution is -0.309. The topological polar surface area (TPSA) is 72.5 Å². The highest BCUT2D eigenvalue weighted by atomic mass is 16.7. The predicted molar refractivity (Wildman–Crippen MR) is 142 cm³/mol. The van der Waals surface area contributed by atoms with E-state index in [1.165, 1.54) is 13.2 Å². The number of methoxy groups -OCH3 is 2. The molecule has 0 N–H and O–H groups in total. The summed E-state index contributed by atoms with van der Waals surface area (Å²) in [5.41, 5.74) is 3.03. The van der Waals surface area contributed by atoms with Crippen LogP contribution in [0.3, 0.4) is 0 Å². The van der Waals surface area contributed by atoms with Crippen molar-refractivity contribution in [3.63, 3.8) is 0 Å². The van der Waals surface area contributed by atoms with Crippen LogP contribution in [0.1, 0.15) is 16.7 Å². The molecule has 5 atom stereocenters. The summed E-state index contributed by atoms with van der Waals surface area (Å²) in [5.74, 6) is -0.492. The van der Waals surface area contributed by atoms with Crippen LogP contribution in [-0.4, -0.2) is 50.9 Å². The number of rotatable bonds is 12. The number of esters is 1. The molecule has 7 heteroatoms. The molecule has 1 heterocycles. The van der Waals surface area contributed by atoms with Crippen molar-refractivity contribution in [2.75, 3.05) is 14.2 Å². The van der Waals surface area contributed by atoms with Gasteiger partial charge in [0.25, 0.3) is 0 Å². The van der Waals surface area contributed by atoms with Gasteiger partial charge in [-0.2, -0.15) is 0 Å². The standard InChI is InChI=1S/C31H34O7/c1-33-27(32)19-18-26-28(35-20-23-12-6-3-7-13-23)29(36-21-24-14-8-4-9-15-24)30(31(34-2)38-26)37-22-25-16-10-5-11-17-25/h3-19,26,28-31H,20-22H2,1-2H3/b19-18+/t26-,28-,29+,30-,31+/m1/s1. The first-order chi connectivity index (χ1) is 18.7. The first-order valence-electron chi connectivity index (χ1n) is 12.6. The Morgan fingerprint density at radius 2 is 1.13 bits per heavy atom. The van der Waals surface area contributed by atoms with Crippen LogP contribution in [0.25, 0.3) is 0 Å². The summed E-state index contributed by atoms with van der Waals surface area (Å²) < 4.78 is 36.1. The van der Waals surface area contributed by atoms with E-state index >= 15 is 0 Å². The molecule has 0 saturated carbocycles. The Kier molecular flexibility index (Phi) is 10.6. The van der Waals surface area contributed by atoms with Crippen molar-refractivity contribution in [3.05, 3.63) is 120 Å². The maximum absolute atomic E-state index is 11.9. The number of ether oxygens (including phenoxy) is 6. The molecule has 4 rings (SSSR count). The minimum atomic E-state index is -0.761. The molecule has 3 aromatic rings. The maximum atomic E-state index is 11.9. The zero-order valence-electron chi connectivity index (χ0n) is 21.7. The lowest BCUT2D eigenvalue weighted by Gasteiger charge is -2.44. The Balaban J connectivity index is 1.63. The summed E-state index contributed by atoms with van der Waals surface area (Å²) in [5, 5.41) is 0. The van der Waals surface area contributed by atoms with Crippen molar-refractivity contribution in [1.29, 1.82) is 0 Å². The molecule has 1 saturated heterocycles. The number of carbonyl (C=O) groups excluding carboxylic acids is 1. The molecule has 0 aromatic heterocycles. The van der Waals surface area contributed by atoms with Crippen LogP contribution in [0.4, 0.5) is 0 Å².